The van der Waals surface area contributed by atoms with Crippen LogP contribution >= 0.6 is 0 Å². The van der Waals surface area contributed by atoms with Gasteiger partial charge in [0, 0.05) is 39.3 Å². The molecule has 3 heterocycles. The summed E-state index contributed by atoms with van der Waals surface area (Å²) in [5, 5.41) is 11.2. The van der Waals surface area contributed by atoms with Gasteiger partial charge in [0.05, 0.1) is 6.61 Å². The lowest BCUT2D eigenvalue weighted by Crippen LogP contribution is -2.37. The van der Waals surface area contributed by atoms with Crippen LogP contribution < -0.4 is 9.64 Å². The number of nitro groups is 1. The Labute approximate surface area is 140 Å². The van der Waals surface area contributed by atoms with Gasteiger partial charge in [0.1, 0.15) is 0 Å². The summed E-state index contributed by atoms with van der Waals surface area (Å²) in [5.41, 5.74) is 0. The molecule has 0 atom stereocenters. The number of aryl methyl sites for hydroxylation is 1. The minimum atomic E-state index is -0.404. The van der Waals surface area contributed by atoms with Gasteiger partial charge in [0.25, 0.3) is 0 Å². The van der Waals surface area contributed by atoms with Gasteiger partial charge in [0.2, 0.25) is 17.5 Å². The van der Waals surface area contributed by atoms with Crippen molar-refractivity contribution in [3.63, 3.8) is 0 Å². The van der Waals surface area contributed by atoms with Crippen molar-refractivity contribution >= 4 is 11.6 Å². The average molecular weight is 331 g/mol. The van der Waals surface area contributed by atoms with Gasteiger partial charge in [-0.2, -0.15) is 0 Å². The number of rotatable bonds is 5. The minimum Gasteiger partial charge on any atom is -0.477 e. The molecule has 1 fully saturated rings. The first-order chi connectivity index (χ1) is 11.6. The summed E-state index contributed by atoms with van der Waals surface area (Å²) >= 11 is 0. The smallest absolute Gasteiger partial charge is 0.406 e. The molecule has 3 rings (SSSR count). The topological polar surface area (TPSA) is 86.3 Å². The Morgan fingerprint density at radius 2 is 2.12 bits per heavy atom. The highest BCUT2D eigenvalue weighted by Gasteiger charge is 2.31. The summed E-state index contributed by atoms with van der Waals surface area (Å²) in [4.78, 5) is 21.1. The molecule has 0 bridgehead atoms. The highest BCUT2D eigenvalue weighted by molar-refractivity contribution is 5.56. The fourth-order valence-corrected chi connectivity index (χ4v) is 3.00. The lowest BCUT2D eigenvalue weighted by molar-refractivity contribution is -0.388. The predicted octanol–water partition coefficient (Wildman–Crippen LogP) is 2.33. The summed E-state index contributed by atoms with van der Waals surface area (Å²) < 4.78 is 7.52. The molecule has 0 aliphatic carbocycles. The van der Waals surface area contributed by atoms with E-state index in [-0.39, 0.29) is 5.82 Å². The van der Waals surface area contributed by atoms with E-state index >= 15 is 0 Å². The number of ether oxygens (including phenoxy) is 1. The monoisotopic (exact) mass is 331 g/mol. The second kappa shape index (κ2) is 6.86. The van der Waals surface area contributed by atoms with Gasteiger partial charge >= 0.3 is 5.82 Å². The normalized spacial score (nSPS) is 15.5. The van der Waals surface area contributed by atoms with Crippen LogP contribution in [0.15, 0.2) is 24.4 Å². The van der Waals surface area contributed by atoms with Crippen LogP contribution in [-0.4, -0.2) is 39.2 Å². The third-order valence-electron chi connectivity index (χ3n) is 4.46. The molecule has 24 heavy (non-hydrogen) atoms. The summed E-state index contributed by atoms with van der Waals surface area (Å²) in [7, 11) is 1.82. The molecule has 8 heteroatoms. The second-order valence-corrected chi connectivity index (χ2v) is 6.03. The highest BCUT2D eigenvalue weighted by Crippen LogP contribution is 2.31. The van der Waals surface area contributed by atoms with Crippen LogP contribution in [0.1, 0.15) is 18.7 Å². The molecule has 0 saturated carbocycles. The largest absolute Gasteiger partial charge is 0.477 e. The van der Waals surface area contributed by atoms with Crippen molar-refractivity contribution in [2.24, 2.45) is 13.0 Å². The molecule has 1 aliphatic rings. The molecule has 0 N–H and O–H groups in total. The van der Waals surface area contributed by atoms with Crippen molar-refractivity contribution < 1.29 is 9.66 Å². The van der Waals surface area contributed by atoms with Crippen LogP contribution in [-0.2, 0) is 7.05 Å². The maximum Gasteiger partial charge on any atom is 0.406 e. The first-order valence-corrected chi connectivity index (χ1v) is 8.02. The second-order valence-electron chi connectivity index (χ2n) is 6.03. The summed E-state index contributed by atoms with van der Waals surface area (Å²) in [6, 6.07) is 5.60. The maximum atomic E-state index is 11.2. The Hall–Kier alpha value is -2.64. The number of piperidine rings is 1. The van der Waals surface area contributed by atoms with Crippen LogP contribution in [0.5, 0.6) is 5.88 Å². The van der Waals surface area contributed by atoms with Crippen LogP contribution in [0.2, 0.25) is 0 Å². The van der Waals surface area contributed by atoms with Gasteiger partial charge < -0.3 is 19.8 Å². The van der Waals surface area contributed by atoms with Crippen LogP contribution in [0.3, 0.4) is 0 Å². The van der Waals surface area contributed by atoms with Crippen molar-refractivity contribution in [1.82, 2.24) is 14.5 Å². The molecule has 8 nitrogen and oxygen atoms in total. The molecule has 1 saturated heterocycles. The Balaban J connectivity index is 1.60. The number of nitrogens with zero attached hydrogens (tertiary/aromatic N) is 5. The van der Waals surface area contributed by atoms with Crippen molar-refractivity contribution in [3.05, 3.63) is 40.3 Å². The molecule has 2 aromatic rings. The molecule has 1 aliphatic heterocycles. The molecule has 0 aromatic carbocycles. The van der Waals surface area contributed by atoms with E-state index in [9.17, 15) is 10.1 Å². The van der Waals surface area contributed by atoms with Crippen molar-refractivity contribution in [2.45, 2.75) is 19.8 Å². The first kappa shape index (κ1) is 16.2. The van der Waals surface area contributed by atoms with Gasteiger partial charge in [-0.3, -0.25) is 4.57 Å². The van der Waals surface area contributed by atoms with Crippen molar-refractivity contribution in [3.8, 4) is 5.88 Å². The zero-order valence-corrected chi connectivity index (χ0v) is 13.9. The summed E-state index contributed by atoms with van der Waals surface area (Å²) in [6.45, 7) is 3.92. The molecule has 0 spiro atoms. The summed E-state index contributed by atoms with van der Waals surface area (Å²) in [6.07, 6.45) is 3.56. The fraction of sp³-hybridized carbons (Fsp3) is 0.500. The third kappa shape index (κ3) is 3.32. The van der Waals surface area contributed by atoms with Crippen LogP contribution in [0.4, 0.5) is 11.6 Å². The SMILES string of the molecule is Cc1nc([N+](=O)[O-])c(N2CCC(COc3ccccn3)CC2)n1C. The van der Waals surface area contributed by atoms with E-state index in [0.29, 0.717) is 30.0 Å². The fourth-order valence-electron chi connectivity index (χ4n) is 3.00. The standard InChI is InChI=1S/C16H21N5O3/c1-12-18-15(21(22)23)16(19(12)2)20-9-6-13(7-10-20)11-24-14-5-3-4-8-17-14/h3-5,8,13H,6-7,9-11H2,1-2H3. The molecule has 0 radical (unpaired) electrons. The zero-order chi connectivity index (χ0) is 17.1. The Morgan fingerprint density at radius 1 is 1.38 bits per heavy atom. The Bertz CT molecular complexity index is 708. The third-order valence-corrected chi connectivity index (χ3v) is 4.46. The van der Waals surface area contributed by atoms with E-state index in [1.54, 1.807) is 17.7 Å². The number of pyridine rings is 1. The number of hydrogen-bond acceptors (Lipinski definition) is 6. The van der Waals surface area contributed by atoms with E-state index in [2.05, 4.69) is 14.9 Å². The van der Waals surface area contributed by atoms with Crippen molar-refractivity contribution in [2.75, 3.05) is 24.6 Å². The predicted molar refractivity (Wildman–Crippen MR) is 89.3 cm³/mol. The van der Waals surface area contributed by atoms with E-state index in [1.165, 1.54) is 0 Å². The Kier molecular flexibility index (Phi) is 4.64. The maximum absolute atomic E-state index is 11.2. The van der Waals surface area contributed by atoms with Gasteiger partial charge in [-0.25, -0.2) is 4.98 Å². The van der Waals surface area contributed by atoms with Gasteiger partial charge in [0.15, 0.2) is 0 Å². The lowest BCUT2D eigenvalue weighted by Gasteiger charge is -2.32. The number of imidazole rings is 1. The van der Waals surface area contributed by atoms with E-state index in [4.69, 9.17) is 4.74 Å². The van der Waals surface area contributed by atoms with E-state index < -0.39 is 4.92 Å². The number of hydrogen-bond donors (Lipinski definition) is 0. The van der Waals surface area contributed by atoms with Crippen LogP contribution in [0.25, 0.3) is 0 Å². The minimum absolute atomic E-state index is 0.0572. The van der Waals surface area contributed by atoms with Crippen LogP contribution in [0, 0.1) is 23.0 Å². The number of aromatic nitrogens is 3. The molecule has 2 aromatic heterocycles. The molecule has 0 unspecified atom stereocenters. The van der Waals surface area contributed by atoms with Gasteiger partial charge in [-0.15, -0.1) is 0 Å². The lowest BCUT2D eigenvalue weighted by atomic mass is 9.98. The average Bonchev–Trinajstić information content (AvgIpc) is 2.90. The molecular formula is C16H21N5O3. The van der Waals surface area contributed by atoms with Gasteiger partial charge in [-0.1, -0.05) is 6.07 Å². The highest BCUT2D eigenvalue weighted by atomic mass is 16.6. The first-order valence-electron chi connectivity index (χ1n) is 8.02. The van der Waals surface area contributed by atoms with Gasteiger partial charge in [-0.05, 0) is 34.7 Å². The zero-order valence-electron chi connectivity index (χ0n) is 13.9. The van der Waals surface area contributed by atoms with E-state index in [0.717, 1.165) is 25.9 Å². The Morgan fingerprint density at radius 3 is 2.75 bits per heavy atom. The van der Waals surface area contributed by atoms with Crippen molar-refractivity contribution in [1.29, 1.82) is 0 Å². The quantitative estimate of drug-likeness (QED) is 0.617. The molecule has 0 amide bonds. The molecular weight excluding hydrogens is 310 g/mol. The molecule has 128 valence electrons. The van der Waals surface area contributed by atoms with E-state index in [1.807, 2.05) is 25.2 Å². The summed E-state index contributed by atoms with van der Waals surface area (Å²) in [5.74, 6) is 2.26. The number of anilines is 1.